The SMILES string of the molecule is CN/N=C\c1nc(C2CCN(C(=O)CC#N)CC2)nc(Nc2ccc(CN3CCC(C/C(N)=N/N)CC3)cc2)c1C=O. The molecule has 0 unspecified atom stereocenters. The highest BCUT2D eigenvalue weighted by molar-refractivity contribution is 5.95. The highest BCUT2D eigenvalue weighted by atomic mass is 16.2. The maximum absolute atomic E-state index is 12.1. The fourth-order valence-electron chi connectivity index (χ4n) is 5.47. The van der Waals surface area contributed by atoms with Crippen molar-refractivity contribution in [2.24, 2.45) is 27.7 Å². The van der Waals surface area contributed by atoms with Gasteiger partial charge in [0.25, 0.3) is 0 Å². The molecule has 0 radical (unpaired) electrons. The molecule has 0 saturated carbocycles. The minimum Gasteiger partial charge on any atom is -0.386 e. The normalized spacial score (nSPS) is 17.2. The highest BCUT2D eigenvalue weighted by Crippen LogP contribution is 2.29. The number of carbonyl (C=O) groups is 2. The van der Waals surface area contributed by atoms with Crippen LogP contribution < -0.4 is 22.3 Å². The predicted octanol–water partition coefficient (Wildman–Crippen LogP) is 2.04. The molecule has 4 rings (SSSR count). The minimum atomic E-state index is -0.159. The molecule has 2 saturated heterocycles. The van der Waals surface area contributed by atoms with Crippen LogP contribution in [0.25, 0.3) is 0 Å². The van der Waals surface area contributed by atoms with Crippen molar-refractivity contribution < 1.29 is 9.59 Å². The summed E-state index contributed by atoms with van der Waals surface area (Å²) < 4.78 is 0. The predicted molar refractivity (Wildman–Crippen MR) is 161 cm³/mol. The first-order chi connectivity index (χ1) is 20.4. The second-order valence-electron chi connectivity index (χ2n) is 10.7. The van der Waals surface area contributed by atoms with Crippen LogP contribution in [0.3, 0.4) is 0 Å². The average molecular weight is 574 g/mol. The van der Waals surface area contributed by atoms with Crippen LogP contribution in [0.1, 0.15) is 71.9 Å². The topological polar surface area (TPSA) is 191 Å². The van der Waals surface area contributed by atoms with Gasteiger partial charge in [0.05, 0.1) is 23.5 Å². The Labute approximate surface area is 246 Å². The molecule has 2 aliphatic rings. The quantitative estimate of drug-likeness (QED) is 0.102. The van der Waals surface area contributed by atoms with E-state index in [2.05, 4.69) is 43.0 Å². The monoisotopic (exact) mass is 573 g/mol. The summed E-state index contributed by atoms with van der Waals surface area (Å²) in [6, 6.07) is 10.0. The summed E-state index contributed by atoms with van der Waals surface area (Å²) in [4.78, 5) is 37.8. The smallest absolute Gasteiger partial charge is 0.236 e. The Hall–Kier alpha value is -4.57. The van der Waals surface area contributed by atoms with Crippen LogP contribution in [0.4, 0.5) is 11.5 Å². The van der Waals surface area contributed by atoms with E-state index in [1.165, 1.54) is 11.8 Å². The number of nitrogens with one attached hydrogen (secondary N) is 2. The molecule has 2 aromatic rings. The number of hydrogen-bond donors (Lipinski definition) is 4. The molecule has 42 heavy (non-hydrogen) atoms. The van der Waals surface area contributed by atoms with Gasteiger partial charge in [-0.3, -0.25) is 14.5 Å². The van der Waals surface area contributed by atoms with E-state index in [4.69, 9.17) is 21.8 Å². The lowest BCUT2D eigenvalue weighted by atomic mass is 9.93. The van der Waals surface area contributed by atoms with Crippen molar-refractivity contribution in [2.75, 3.05) is 38.5 Å². The van der Waals surface area contributed by atoms with Gasteiger partial charge in [-0.15, -0.1) is 0 Å². The van der Waals surface area contributed by atoms with E-state index in [9.17, 15) is 9.59 Å². The second-order valence-corrected chi connectivity index (χ2v) is 10.7. The lowest BCUT2D eigenvalue weighted by Gasteiger charge is -2.31. The van der Waals surface area contributed by atoms with Gasteiger partial charge in [-0.1, -0.05) is 12.1 Å². The van der Waals surface area contributed by atoms with Crippen molar-refractivity contribution in [3.8, 4) is 6.07 Å². The van der Waals surface area contributed by atoms with Gasteiger partial charge in [0.1, 0.15) is 23.9 Å². The van der Waals surface area contributed by atoms with Gasteiger partial charge in [-0.25, -0.2) is 9.97 Å². The number of likely N-dealkylation sites (tertiary alicyclic amines) is 2. The molecule has 3 heterocycles. The molecule has 0 aliphatic carbocycles. The second kappa shape index (κ2) is 14.9. The summed E-state index contributed by atoms with van der Waals surface area (Å²) in [5, 5.41) is 19.8. The number of aromatic nitrogens is 2. The van der Waals surface area contributed by atoms with Crippen LogP contribution in [0, 0.1) is 17.2 Å². The van der Waals surface area contributed by atoms with Crippen molar-refractivity contribution in [1.29, 1.82) is 5.26 Å². The Balaban J connectivity index is 1.45. The van der Waals surface area contributed by atoms with E-state index < -0.39 is 0 Å². The molecule has 1 aromatic heterocycles. The van der Waals surface area contributed by atoms with E-state index in [0.717, 1.165) is 50.9 Å². The molecule has 13 nitrogen and oxygen atoms in total. The van der Waals surface area contributed by atoms with Crippen molar-refractivity contribution in [2.45, 2.75) is 51.0 Å². The number of nitriles is 1. The number of hydrogen-bond acceptors (Lipinski definition) is 11. The maximum Gasteiger partial charge on any atom is 0.236 e. The number of rotatable bonds is 11. The molecular weight excluding hydrogens is 534 g/mol. The standard InChI is InChI=1S/C29H39N11O2/c1-33-34-17-25-24(19-41)29(37-28(36-25)22-9-14-40(15-10-22)27(42)6-11-30)35-23-4-2-21(3-5-23)18-39-12-7-20(8-13-39)16-26(31)38-32/h2-5,17,19-20,22,33H,6-10,12-16,18,32H2,1H3,(H2,31,38)(H,35,36,37)/b34-17-. The molecule has 0 spiro atoms. The van der Waals surface area contributed by atoms with Gasteiger partial charge in [-0.2, -0.15) is 15.5 Å². The lowest BCUT2D eigenvalue weighted by Crippen LogP contribution is -2.38. The van der Waals surface area contributed by atoms with E-state index in [-0.39, 0.29) is 18.2 Å². The minimum absolute atomic E-state index is 0.00433. The Morgan fingerprint density at radius 2 is 1.86 bits per heavy atom. The average Bonchev–Trinajstić information content (AvgIpc) is 3.01. The summed E-state index contributed by atoms with van der Waals surface area (Å²) in [7, 11) is 1.67. The zero-order valence-electron chi connectivity index (χ0n) is 24.0. The third kappa shape index (κ3) is 8.01. The van der Waals surface area contributed by atoms with Crippen LogP contribution in [0.5, 0.6) is 0 Å². The molecule has 0 atom stereocenters. The third-order valence-corrected chi connectivity index (χ3v) is 7.86. The van der Waals surface area contributed by atoms with E-state index in [0.29, 0.717) is 60.6 Å². The molecule has 1 aromatic carbocycles. The number of amides is 1. The summed E-state index contributed by atoms with van der Waals surface area (Å²) in [6.45, 7) is 3.91. The van der Waals surface area contributed by atoms with Crippen molar-refractivity contribution in [3.05, 3.63) is 46.9 Å². The molecule has 2 fully saturated rings. The van der Waals surface area contributed by atoms with E-state index in [1.807, 2.05) is 18.2 Å². The summed E-state index contributed by atoms with van der Waals surface area (Å²) >= 11 is 0. The Morgan fingerprint density at radius 3 is 2.48 bits per heavy atom. The van der Waals surface area contributed by atoms with Crippen LogP contribution in [-0.4, -0.2) is 77.2 Å². The maximum atomic E-state index is 12.1. The van der Waals surface area contributed by atoms with Gasteiger partial charge in [0.2, 0.25) is 5.91 Å². The van der Waals surface area contributed by atoms with Crippen LogP contribution in [0.2, 0.25) is 0 Å². The molecule has 1 amide bonds. The van der Waals surface area contributed by atoms with Gasteiger partial charge >= 0.3 is 0 Å². The number of anilines is 2. The van der Waals surface area contributed by atoms with E-state index >= 15 is 0 Å². The Bertz CT molecular complexity index is 1320. The number of nitrogens with two attached hydrogens (primary N) is 2. The Kier molecular flexibility index (Phi) is 10.8. The summed E-state index contributed by atoms with van der Waals surface area (Å²) in [6.07, 6.45) is 6.34. The van der Waals surface area contributed by atoms with Crippen LogP contribution in [0.15, 0.2) is 34.5 Å². The molecule has 6 N–H and O–H groups in total. The molecule has 2 aliphatic heterocycles. The largest absolute Gasteiger partial charge is 0.386 e. The summed E-state index contributed by atoms with van der Waals surface area (Å²) in [5.41, 5.74) is 11.2. The highest BCUT2D eigenvalue weighted by Gasteiger charge is 2.27. The number of amidine groups is 1. The number of carbonyl (C=O) groups excluding carboxylic acids is 2. The van der Waals surface area contributed by atoms with Crippen molar-refractivity contribution in [1.82, 2.24) is 25.2 Å². The zero-order chi connectivity index (χ0) is 29.9. The zero-order valence-corrected chi connectivity index (χ0v) is 24.0. The number of nitrogens with zero attached hydrogens (tertiary/aromatic N) is 7. The van der Waals surface area contributed by atoms with E-state index in [1.54, 1.807) is 11.9 Å². The lowest BCUT2D eigenvalue weighted by molar-refractivity contribution is -0.131. The van der Waals surface area contributed by atoms with Gasteiger partial charge in [0.15, 0.2) is 6.29 Å². The van der Waals surface area contributed by atoms with Gasteiger partial charge in [0, 0.05) is 44.7 Å². The number of piperidine rings is 2. The fourth-order valence-corrected chi connectivity index (χ4v) is 5.47. The molecule has 222 valence electrons. The first kappa shape index (κ1) is 30.4. The first-order valence-electron chi connectivity index (χ1n) is 14.3. The number of hydrazone groups is 2. The summed E-state index contributed by atoms with van der Waals surface area (Å²) in [5.74, 6) is 7.16. The number of aldehydes is 1. The molecule has 0 bridgehead atoms. The van der Waals surface area contributed by atoms with Crippen molar-refractivity contribution >= 4 is 35.7 Å². The Morgan fingerprint density at radius 1 is 1.14 bits per heavy atom. The van der Waals surface area contributed by atoms with Gasteiger partial charge in [-0.05, 0) is 62.4 Å². The van der Waals surface area contributed by atoms with Gasteiger partial charge < -0.3 is 27.2 Å². The number of benzene rings is 1. The first-order valence-corrected chi connectivity index (χ1v) is 14.3. The van der Waals surface area contributed by atoms with Crippen molar-refractivity contribution in [3.63, 3.8) is 0 Å². The van der Waals surface area contributed by atoms with Crippen LogP contribution in [-0.2, 0) is 11.3 Å². The fraction of sp³-hybridized carbons (Fsp3) is 0.483. The van der Waals surface area contributed by atoms with Crippen LogP contribution >= 0.6 is 0 Å². The third-order valence-electron chi connectivity index (χ3n) is 7.86. The molecular formula is C29H39N11O2. The molecule has 13 heteroatoms.